The number of nitrogens with zero attached hydrogens (tertiary/aromatic N) is 2. The van der Waals surface area contributed by atoms with Crippen LogP contribution >= 0.6 is 11.6 Å². The van der Waals surface area contributed by atoms with Crippen molar-refractivity contribution in [1.82, 2.24) is 4.57 Å². The molecule has 0 unspecified atom stereocenters. The van der Waals surface area contributed by atoms with Gasteiger partial charge in [-0.3, -0.25) is 14.2 Å². The number of amides is 2. The molecule has 0 radical (unpaired) electrons. The SMILES string of the molecule is NC(=O)c1ccc(-c2cn(C(N)=O)c3cc(O[N+](=O)[O-])ccc23)c(Cl)c1F. The fourth-order valence-corrected chi connectivity index (χ4v) is 2.96. The van der Waals surface area contributed by atoms with Crippen molar-refractivity contribution in [3.63, 3.8) is 0 Å². The van der Waals surface area contributed by atoms with E-state index in [9.17, 15) is 24.1 Å². The lowest BCUT2D eigenvalue weighted by Crippen LogP contribution is -2.18. The van der Waals surface area contributed by atoms with E-state index in [4.69, 9.17) is 23.1 Å². The van der Waals surface area contributed by atoms with Crippen LogP contribution in [0.2, 0.25) is 5.02 Å². The lowest BCUT2D eigenvalue weighted by Gasteiger charge is -2.07. The van der Waals surface area contributed by atoms with Gasteiger partial charge in [-0.25, -0.2) is 9.18 Å². The summed E-state index contributed by atoms with van der Waals surface area (Å²) in [5.41, 5.74) is 10.7. The molecule has 0 atom stereocenters. The molecule has 0 spiro atoms. The molecule has 2 amide bonds. The van der Waals surface area contributed by atoms with E-state index in [1.807, 2.05) is 0 Å². The number of benzene rings is 2. The third-order valence-corrected chi connectivity index (χ3v) is 4.20. The number of nitrogens with two attached hydrogens (primary N) is 2. The van der Waals surface area contributed by atoms with Crippen LogP contribution in [0, 0.1) is 15.9 Å². The summed E-state index contributed by atoms with van der Waals surface area (Å²) in [6.07, 6.45) is 1.30. The van der Waals surface area contributed by atoms with E-state index >= 15 is 0 Å². The Morgan fingerprint density at radius 2 is 1.89 bits per heavy atom. The summed E-state index contributed by atoms with van der Waals surface area (Å²) in [5, 5.41) is 9.53. The molecule has 0 fully saturated rings. The largest absolute Gasteiger partial charge is 0.366 e. The molecule has 3 aromatic rings. The number of hydrogen-bond acceptors (Lipinski definition) is 5. The molecule has 0 aliphatic heterocycles. The van der Waals surface area contributed by atoms with Gasteiger partial charge >= 0.3 is 6.03 Å². The molecule has 0 aliphatic rings. The van der Waals surface area contributed by atoms with Crippen LogP contribution in [0.1, 0.15) is 10.4 Å². The Kier molecular flexibility index (Phi) is 4.42. The summed E-state index contributed by atoms with van der Waals surface area (Å²) in [6.45, 7) is 0. The maximum atomic E-state index is 14.3. The van der Waals surface area contributed by atoms with E-state index in [0.717, 1.165) is 10.6 Å². The van der Waals surface area contributed by atoms with Gasteiger partial charge in [0.1, 0.15) is 5.75 Å². The second-order valence-corrected chi connectivity index (χ2v) is 5.78. The van der Waals surface area contributed by atoms with Gasteiger partial charge in [-0.15, -0.1) is 10.1 Å². The second kappa shape index (κ2) is 6.57. The summed E-state index contributed by atoms with van der Waals surface area (Å²) >= 11 is 6.04. The van der Waals surface area contributed by atoms with Gasteiger partial charge in [-0.05, 0) is 24.3 Å². The summed E-state index contributed by atoms with van der Waals surface area (Å²) in [4.78, 5) is 37.9. The van der Waals surface area contributed by atoms with Gasteiger partial charge in [0, 0.05) is 22.7 Å². The monoisotopic (exact) mass is 392 g/mol. The minimum absolute atomic E-state index is 0.138. The van der Waals surface area contributed by atoms with Crippen LogP contribution in [0.25, 0.3) is 22.0 Å². The second-order valence-electron chi connectivity index (χ2n) is 5.40. The normalized spacial score (nSPS) is 10.7. The zero-order chi connectivity index (χ0) is 19.9. The van der Waals surface area contributed by atoms with Crippen molar-refractivity contribution < 1.29 is 23.9 Å². The third-order valence-electron chi connectivity index (χ3n) is 3.83. The maximum absolute atomic E-state index is 14.3. The molecule has 1 heterocycles. The Labute approximate surface area is 155 Å². The van der Waals surface area contributed by atoms with E-state index in [0.29, 0.717) is 10.9 Å². The zero-order valence-corrected chi connectivity index (χ0v) is 14.1. The number of hydrogen-bond donors (Lipinski definition) is 2. The highest BCUT2D eigenvalue weighted by Crippen LogP contribution is 2.38. The third kappa shape index (κ3) is 3.13. The highest BCUT2D eigenvalue weighted by molar-refractivity contribution is 6.34. The molecule has 4 N–H and O–H groups in total. The van der Waals surface area contributed by atoms with Crippen molar-refractivity contribution >= 4 is 34.4 Å². The predicted octanol–water partition coefficient (Wildman–Crippen LogP) is 2.70. The molecule has 138 valence electrons. The van der Waals surface area contributed by atoms with Crippen LogP contribution < -0.4 is 16.3 Å². The quantitative estimate of drug-likeness (QED) is 0.518. The van der Waals surface area contributed by atoms with Crippen LogP contribution in [0.15, 0.2) is 36.5 Å². The minimum atomic E-state index is -1.01. The lowest BCUT2D eigenvalue weighted by atomic mass is 10.0. The van der Waals surface area contributed by atoms with Gasteiger partial charge in [-0.2, -0.15) is 0 Å². The summed E-state index contributed by atoms with van der Waals surface area (Å²) in [7, 11) is 0. The Morgan fingerprint density at radius 3 is 2.48 bits per heavy atom. The number of primary amides is 2. The highest BCUT2D eigenvalue weighted by Gasteiger charge is 2.20. The first-order chi connectivity index (χ1) is 12.7. The van der Waals surface area contributed by atoms with E-state index in [2.05, 4.69) is 4.84 Å². The van der Waals surface area contributed by atoms with Crippen LogP contribution in [-0.4, -0.2) is 21.6 Å². The zero-order valence-electron chi connectivity index (χ0n) is 13.3. The number of carbonyl (C=O) groups is 2. The summed E-state index contributed by atoms with van der Waals surface area (Å²) in [6, 6.07) is 5.61. The molecule has 2 aromatic carbocycles. The Morgan fingerprint density at radius 1 is 1.19 bits per heavy atom. The standard InChI is InChI=1S/C16H10ClFN4O5/c17-13-9(3-4-10(14(13)18)15(19)23)11-6-21(16(20)24)12-5-7(27-22(25)26)1-2-8(11)12/h1-6H,(H2,19,23)(H2,20,24). The number of rotatable bonds is 4. The predicted molar refractivity (Wildman–Crippen MR) is 93.5 cm³/mol. The van der Waals surface area contributed by atoms with E-state index in [1.165, 1.54) is 30.5 Å². The Balaban J connectivity index is 2.27. The molecular weight excluding hydrogens is 383 g/mol. The average molecular weight is 393 g/mol. The molecule has 27 heavy (non-hydrogen) atoms. The van der Waals surface area contributed by atoms with Gasteiger partial charge in [0.2, 0.25) is 0 Å². The van der Waals surface area contributed by atoms with Crippen molar-refractivity contribution in [1.29, 1.82) is 0 Å². The van der Waals surface area contributed by atoms with E-state index < -0.39 is 22.8 Å². The lowest BCUT2D eigenvalue weighted by molar-refractivity contribution is -0.711. The Bertz CT molecular complexity index is 1130. The molecule has 0 bridgehead atoms. The molecule has 0 saturated carbocycles. The number of carbonyl (C=O) groups excluding carboxylic acids is 2. The molecular formula is C16H10ClFN4O5. The minimum Gasteiger partial charge on any atom is -0.366 e. The van der Waals surface area contributed by atoms with Crippen molar-refractivity contribution in [2.75, 3.05) is 0 Å². The van der Waals surface area contributed by atoms with Crippen LogP contribution in [0.4, 0.5) is 9.18 Å². The van der Waals surface area contributed by atoms with Crippen molar-refractivity contribution in [2.24, 2.45) is 11.5 Å². The van der Waals surface area contributed by atoms with Crippen LogP contribution in [-0.2, 0) is 0 Å². The van der Waals surface area contributed by atoms with Gasteiger partial charge in [0.15, 0.2) is 5.82 Å². The fraction of sp³-hybridized carbons (Fsp3) is 0. The number of aromatic nitrogens is 1. The van der Waals surface area contributed by atoms with Gasteiger partial charge < -0.3 is 11.5 Å². The molecule has 9 nitrogen and oxygen atoms in total. The first kappa shape index (κ1) is 18.1. The van der Waals surface area contributed by atoms with Gasteiger partial charge in [0.25, 0.3) is 11.0 Å². The number of fused-ring (bicyclic) bond motifs is 1. The van der Waals surface area contributed by atoms with Crippen LogP contribution in [0.5, 0.6) is 5.75 Å². The van der Waals surface area contributed by atoms with Crippen molar-refractivity contribution in [3.05, 3.63) is 63.0 Å². The Hall–Kier alpha value is -3.66. The fourth-order valence-electron chi connectivity index (χ4n) is 2.69. The van der Waals surface area contributed by atoms with Gasteiger partial charge in [0.05, 0.1) is 16.1 Å². The van der Waals surface area contributed by atoms with E-state index in [-0.39, 0.29) is 27.4 Å². The maximum Gasteiger partial charge on any atom is 0.323 e. The first-order valence-electron chi connectivity index (χ1n) is 7.26. The van der Waals surface area contributed by atoms with Crippen molar-refractivity contribution in [2.45, 2.75) is 0 Å². The highest BCUT2D eigenvalue weighted by atomic mass is 35.5. The molecule has 0 aliphatic carbocycles. The molecule has 11 heteroatoms. The topological polar surface area (TPSA) is 143 Å². The van der Waals surface area contributed by atoms with Crippen molar-refractivity contribution in [3.8, 4) is 16.9 Å². The summed E-state index contributed by atoms with van der Waals surface area (Å²) < 4.78 is 15.4. The molecule has 3 rings (SSSR count). The summed E-state index contributed by atoms with van der Waals surface area (Å²) in [5.74, 6) is -2.13. The van der Waals surface area contributed by atoms with Gasteiger partial charge in [-0.1, -0.05) is 17.7 Å². The van der Waals surface area contributed by atoms with E-state index in [1.54, 1.807) is 0 Å². The smallest absolute Gasteiger partial charge is 0.323 e. The average Bonchev–Trinajstić information content (AvgIpc) is 2.95. The molecule has 0 saturated heterocycles. The first-order valence-corrected chi connectivity index (χ1v) is 7.64. The number of halogens is 2. The molecule has 1 aromatic heterocycles. The van der Waals surface area contributed by atoms with Crippen LogP contribution in [0.3, 0.4) is 0 Å².